The Labute approximate surface area is 159 Å². The molecule has 27 heavy (non-hydrogen) atoms. The molecule has 1 aromatic heterocycles. The Bertz CT molecular complexity index is 704. The molecule has 146 valence electrons. The fraction of sp³-hybridized carbons (Fsp3) is 0.650. The molecule has 7 nitrogen and oxygen atoms in total. The second-order valence-corrected chi connectivity index (χ2v) is 7.55. The topological polar surface area (TPSA) is 107 Å². The Hall–Kier alpha value is -2.33. The van der Waals surface area contributed by atoms with Crippen molar-refractivity contribution in [3.63, 3.8) is 0 Å². The number of hydrogen-bond acceptors (Lipinski definition) is 4. The molecule has 3 rings (SSSR count). The first-order valence-corrected chi connectivity index (χ1v) is 9.92. The molecule has 7 heteroatoms. The number of H-pyrrole nitrogens is 1. The van der Waals surface area contributed by atoms with Gasteiger partial charge < -0.3 is 20.4 Å². The molecular weight excluding hydrogens is 344 g/mol. The fourth-order valence-corrected chi connectivity index (χ4v) is 3.69. The highest BCUT2D eigenvalue weighted by atomic mass is 16.5. The van der Waals surface area contributed by atoms with Crippen LogP contribution in [-0.2, 0) is 9.53 Å². The van der Waals surface area contributed by atoms with E-state index in [2.05, 4.69) is 15.6 Å². The standard InChI is InChI=1S/C20H28N4O3/c1-2-8-27-18-10-14(19(25)23-15-4-3-5-15)6-7-16(18)24-20(26)17-9-13(11-21)12-22-17/h9,12,14-16,18,22H,2-8,10H2,1H3,(H,23,25)(H,24,26)/t14-,16+,18+/m0/s1. The maximum Gasteiger partial charge on any atom is 0.268 e. The molecule has 0 saturated heterocycles. The lowest BCUT2D eigenvalue weighted by Crippen LogP contribution is -2.51. The van der Waals surface area contributed by atoms with Crippen molar-refractivity contribution in [3.8, 4) is 6.07 Å². The third-order valence-electron chi connectivity index (χ3n) is 5.52. The van der Waals surface area contributed by atoms with E-state index in [1.807, 2.05) is 13.0 Å². The molecule has 3 atom stereocenters. The lowest BCUT2D eigenvalue weighted by atomic mass is 9.82. The maximum atomic E-state index is 12.5. The number of nitriles is 1. The molecule has 1 aromatic rings. The minimum absolute atomic E-state index is 0.0590. The van der Waals surface area contributed by atoms with Gasteiger partial charge in [-0.1, -0.05) is 6.92 Å². The zero-order chi connectivity index (χ0) is 19.2. The maximum absolute atomic E-state index is 12.5. The lowest BCUT2D eigenvalue weighted by molar-refractivity contribution is -0.129. The third kappa shape index (κ3) is 4.89. The summed E-state index contributed by atoms with van der Waals surface area (Å²) in [6.07, 6.45) is 7.64. The van der Waals surface area contributed by atoms with E-state index in [-0.39, 0.29) is 29.9 Å². The summed E-state index contributed by atoms with van der Waals surface area (Å²) in [4.78, 5) is 27.8. The first-order chi connectivity index (χ1) is 13.1. The van der Waals surface area contributed by atoms with Crippen molar-refractivity contribution in [1.29, 1.82) is 5.26 Å². The lowest BCUT2D eigenvalue weighted by Gasteiger charge is -2.37. The van der Waals surface area contributed by atoms with Crippen molar-refractivity contribution in [2.45, 2.75) is 70.1 Å². The molecular formula is C20H28N4O3. The Balaban J connectivity index is 1.59. The van der Waals surface area contributed by atoms with Gasteiger partial charge in [0.1, 0.15) is 11.8 Å². The molecule has 2 saturated carbocycles. The number of hydrogen-bond donors (Lipinski definition) is 3. The molecule has 2 aliphatic rings. The number of carbonyl (C=O) groups is 2. The number of nitrogens with zero attached hydrogens (tertiary/aromatic N) is 1. The average Bonchev–Trinajstić information content (AvgIpc) is 3.13. The molecule has 0 bridgehead atoms. The van der Waals surface area contributed by atoms with E-state index < -0.39 is 0 Å². The Morgan fingerprint density at radius 3 is 2.74 bits per heavy atom. The Morgan fingerprint density at radius 1 is 1.30 bits per heavy atom. The van der Waals surface area contributed by atoms with Crippen LogP contribution in [0, 0.1) is 17.2 Å². The Kier molecular flexibility index (Phi) is 6.51. The van der Waals surface area contributed by atoms with Crippen LogP contribution in [0.4, 0.5) is 0 Å². The molecule has 0 aliphatic heterocycles. The monoisotopic (exact) mass is 372 g/mol. The minimum Gasteiger partial charge on any atom is -0.376 e. The van der Waals surface area contributed by atoms with E-state index in [0.717, 1.165) is 25.7 Å². The van der Waals surface area contributed by atoms with Crippen molar-refractivity contribution in [2.75, 3.05) is 6.61 Å². The number of amides is 2. The van der Waals surface area contributed by atoms with Crippen LogP contribution in [0.25, 0.3) is 0 Å². The quantitative estimate of drug-likeness (QED) is 0.682. The highest BCUT2D eigenvalue weighted by Gasteiger charge is 2.36. The third-order valence-corrected chi connectivity index (χ3v) is 5.52. The van der Waals surface area contributed by atoms with Gasteiger partial charge in [-0.2, -0.15) is 5.26 Å². The van der Waals surface area contributed by atoms with Crippen LogP contribution in [0.3, 0.4) is 0 Å². The predicted octanol–water partition coefficient (Wildman–Crippen LogP) is 2.25. The molecule has 0 spiro atoms. The van der Waals surface area contributed by atoms with E-state index in [9.17, 15) is 9.59 Å². The number of aromatic amines is 1. The molecule has 0 aromatic carbocycles. The predicted molar refractivity (Wildman–Crippen MR) is 99.9 cm³/mol. The van der Waals surface area contributed by atoms with E-state index in [1.165, 1.54) is 18.7 Å². The van der Waals surface area contributed by atoms with E-state index in [0.29, 0.717) is 36.7 Å². The molecule has 0 unspecified atom stereocenters. The van der Waals surface area contributed by atoms with E-state index in [4.69, 9.17) is 10.00 Å². The van der Waals surface area contributed by atoms with Crippen molar-refractivity contribution in [2.24, 2.45) is 5.92 Å². The minimum atomic E-state index is -0.246. The van der Waals surface area contributed by atoms with Gasteiger partial charge in [0, 0.05) is 24.8 Å². The molecule has 3 N–H and O–H groups in total. The largest absolute Gasteiger partial charge is 0.376 e. The number of carbonyl (C=O) groups excluding carboxylic acids is 2. The highest BCUT2D eigenvalue weighted by molar-refractivity contribution is 5.93. The number of rotatable bonds is 7. The van der Waals surface area contributed by atoms with Crippen LogP contribution in [0.1, 0.15) is 67.9 Å². The smallest absolute Gasteiger partial charge is 0.268 e. The molecule has 2 amide bonds. The van der Waals surface area contributed by atoms with Gasteiger partial charge in [-0.25, -0.2) is 0 Å². The summed E-state index contributed by atoms with van der Waals surface area (Å²) in [6.45, 7) is 2.65. The Morgan fingerprint density at radius 2 is 2.11 bits per heavy atom. The van der Waals surface area contributed by atoms with Crippen LogP contribution in [0.2, 0.25) is 0 Å². The summed E-state index contributed by atoms with van der Waals surface area (Å²) in [5.41, 5.74) is 0.793. The normalized spacial score (nSPS) is 25.3. The van der Waals surface area contributed by atoms with Crippen LogP contribution in [0.15, 0.2) is 12.3 Å². The summed E-state index contributed by atoms with van der Waals surface area (Å²) >= 11 is 0. The first-order valence-electron chi connectivity index (χ1n) is 9.92. The van der Waals surface area contributed by atoms with Crippen LogP contribution >= 0.6 is 0 Å². The van der Waals surface area contributed by atoms with Gasteiger partial charge in [0.25, 0.3) is 5.91 Å². The van der Waals surface area contributed by atoms with Crippen molar-refractivity contribution >= 4 is 11.8 Å². The number of ether oxygens (including phenoxy) is 1. The average molecular weight is 372 g/mol. The summed E-state index contributed by atoms with van der Waals surface area (Å²) in [5.74, 6) is -0.183. The molecule has 1 heterocycles. The number of aromatic nitrogens is 1. The highest BCUT2D eigenvalue weighted by Crippen LogP contribution is 2.29. The second-order valence-electron chi connectivity index (χ2n) is 7.55. The second kappa shape index (κ2) is 9.05. The van der Waals surface area contributed by atoms with E-state index in [1.54, 1.807) is 0 Å². The van der Waals surface area contributed by atoms with Gasteiger partial charge in [0.15, 0.2) is 0 Å². The summed E-state index contributed by atoms with van der Waals surface area (Å²) in [5, 5.41) is 15.1. The summed E-state index contributed by atoms with van der Waals surface area (Å²) < 4.78 is 5.98. The van der Waals surface area contributed by atoms with Crippen LogP contribution in [0.5, 0.6) is 0 Å². The van der Waals surface area contributed by atoms with Crippen molar-refractivity contribution < 1.29 is 14.3 Å². The summed E-state index contributed by atoms with van der Waals surface area (Å²) in [7, 11) is 0. The SMILES string of the molecule is CCCO[C@@H]1C[C@@H](C(=O)NC2CCC2)CC[C@H]1NC(=O)c1cc(C#N)c[nH]1. The molecule has 0 radical (unpaired) electrons. The zero-order valence-corrected chi connectivity index (χ0v) is 15.8. The van der Waals surface area contributed by atoms with Crippen LogP contribution < -0.4 is 10.6 Å². The van der Waals surface area contributed by atoms with Gasteiger partial charge in [-0.3, -0.25) is 9.59 Å². The van der Waals surface area contributed by atoms with Gasteiger partial charge >= 0.3 is 0 Å². The summed E-state index contributed by atoms with van der Waals surface area (Å²) in [6, 6.07) is 3.75. The van der Waals surface area contributed by atoms with E-state index >= 15 is 0 Å². The van der Waals surface area contributed by atoms with Gasteiger partial charge in [-0.15, -0.1) is 0 Å². The van der Waals surface area contributed by atoms with Gasteiger partial charge in [0.05, 0.1) is 17.7 Å². The first kappa shape index (κ1) is 19.4. The zero-order valence-electron chi connectivity index (χ0n) is 15.8. The van der Waals surface area contributed by atoms with Gasteiger partial charge in [0.2, 0.25) is 5.91 Å². The number of nitrogens with one attached hydrogen (secondary N) is 3. The van der Waals surface area contributed by atoms with Crippen molar-refractivity contribution in [1.82, 2.24) is 15.6 Å². The molecule has 2 fully saturated rings. The van der Waals surface area contributed by atoms with Crippen LogP contribution in [-0.4, -0.2) is 41.6 Å². The van der Waals surface area contributed by atoms with Crippen molar-refractivity contribution in [3.05, 3.63) is 23.5 Å². The van der Waals surface area contributed by atoms with Gasteiger partial charge in [-0.05, 0) is 51.0 Å². The molecule has 2 aliphatic carbocycles. The fourth-order valence-electron chi connectivity index (χ4n) is 3.69.